The van der Waals surface area contributed by atoms with Crippen molar-refractivity contribution in [1.82, 2.24) is 14.8 Å². The number of morpholine rings is 1. The average molecular weight is 409 g/mol. The highest BCUT2D eigenvalue weighted by molar-refractivity contribution is 6.14. The second kappa shape index (κ2) is 9.06. The highest BCUT2D eigenvalue weighted by atomic mass is 16.5. The number of amides is 1. The van der Waals surface area contributed by atoms with Crippen LogP contribution in [0.1, 0.15) is 17.4 Å². The number of allylic oxidation sites excluding steroid dienone is 1. The first-order valence-corrected chi connectivity index (χ1v) is 9.85. The Kier molecular flexibility index (Phi) is 6.06. The van der Waals surface area contributed by atoms with Crippen molar-refractivity contribution in [3.05, 3.63) is 71.7 Å². The van der Waals surface area contributed by atoms with E-state index in [9.17, 15) is 14.7 Å². The fraction of sp³-hybridized carbons (Fsp3) is 0.318. The lowest BCUT2D eigenvalue weighted by Crippen LogP contribution is -2.43. The van der Waals surface area contributed by atoms with Gasteiger partial charge in [-0.2, -0.15) is 0 Å². The predicted octanol–water partition coefficient (Wildman–Crippen LogP) is 1.98. The molecule has 0 unspecified atom stereocenters. The normalized spacial score (nSPS) is 20.5. The third-order valence-electron chi connectivity index (χ3n) is 5.29. The largest absolute Gasteiger partial charge is 0.503 e. The molecule has 0 aromatic carbocycles. The monoisotopic (exact) mass is 409 g/mol. The van der Waals surface area contributed by atoms with Gasteiger partial charge in [0.25, 0.3) is 5.91 Å². The van der Waals surface area contributed by atoms with Gasteiger partial charge in [0.1, 0.15) is 5.76 Å². The van der Waals surface area contributed by atoms with Crippen molar-refractivity contribution in [2.75, 3.05) is 39.4 Å². The van der Waals surface area contributed by atoms with Gasteiger partial charge in [-0.05, 0) is 42.0 Å². The maximum absolute atomic E-state index is 13.0. The Morgan fingerprint density at radius 2 is 1.97 bits per heavy atom. The zero-order valence-electron chi connectivity index (χ0n) is 16.4. The number of ketones is 1. The van der Waals surface area contributed by atoms with Crippen LogP contribution in [0.5, 0.6) is 0 Å². The van der Waals surface area contributed by atoms with Crippen LogP contribution in [-0.4, -0.2) is 71.0 Å². The van der Waals surface area contributed by atoms with E-state index in [2.05, 4.69) is 9.88 Å². The van der Waals surface area contributed by atoms with Crippen LogP contribution in [0.15, 0.2) is 64.7 Å². The first kappa shape index (κ1) is 20.1. The highest BCUT2D eigenvalue weighted by Gasteiger charge is 2.42. The fourth-order valence-corrected chi connectivity index (χ4v) is 3.74. The molecule has 2 aliphatic rings. The van der Waals surface area contributed by atoms with E-state index in [-0.39, 0.29) is 5.57 Å². The van der Waals surface area contributed by atoms with Crippen molar-refractivity contribution >= 4 is 17.8 Å². The van der Waals surface area contributed by atoms with Crippen molar-refractivity contribution in [1.29, 1.82) is 0 Å². The summed E-state index contributed by atoms with van der Waals surface area (Å²) in [7, 11) is 0. The summed E-state index contributed by atoms with van der Waals surface area (Å²) in [6, 6.07) is 6.26. The van der Waals surface area contributed by atoms with Gasteiger partial charge in [0, 0.05) is 38.6 Å². The van der Waals surface area contributed by atoms with Crippen LogP contribution in [0.2, 0.25) is 0 Å². The van der Waals surface area contributed by atoms with Crippen LogP contribution in [0, 0.1) is 0 Å². The van der Waals surface area contributed by atoms with Crippen LogP contribution >= 0.6 is 0 Å². The van der Waals surface area contributed by atoms with Gasteiger partial charge in [-0.15, -0.1) is 0 Å². The Bertz CT molecular complexity index is 946. The number of nitrogens with zero attached hydrogens (tertiary/aromatic N) is 3. The van der Waals surface area contributed by atoms with E-state index >= 15 is 0 Å². The molecule has 8 heteroatoms. The Balaban J connectivity index is 1.59. The molecule has 0 aliphatic carbocycles. The lowest BCUT2D eigenvalue weighted by molar-refractivity contribution is -0.129. The van der Waals surface area contributed by atoms with Gasteiger partial charge in [0.2, 0.25) is 0 Å². The third kappa shape index (κ3) is 4.19. The summed E-state index contributed by atoms with van der Waals surface area (Å²) in [5.74, 6) is -0.974. The third-order valence-corrected chi connectivity index (χ3v) is 5.29. The number of hydrogen-bond acceptors (Lipinski definition) is 7. The van der Waals surface area contributed by atoms with Crippen LogP contribution in [0.25, 0.3) is 6.08 Å². The lowest BCUT2D eigenvalue weighted by Gasteiger charge is -2.31. The number of furan rings is 1. The number of pyridine rings is 1. The SMILES string of the molecule is O=C(/C=C/c1ccco1)C1=C(O)C(=O)N(CCN2CCOCC2)[C@H]1c1ccncc1. The molecule has 156 valence electrons. The number of carbonyl (C=O) groups excluding carboxylic acids is 2. The van der Waals surface area contributed by atoms with Gasteiger partial charge in [0.05, 0.1) is 31.1 Å². The van der Waals surface area contributed by atoms with Gasteiger partial charge in [0.15, 0.2) is 11.5 Å². The van der Waals surface area contributed by atoms with E-state index in [0.29, 0.717) is 32.1 Å². The molecule has 1 amide bonds. The molecule has 2 aliphatic heterocycles. The smallest absolute Gasteiger partial charge is 0.290 e. The lowest BCUT2D eigenvalue weighted by atomic mass is 9.96. The van der Waals surface area contributed by atoms with Gasteiger partial charge in [-0.1, -0.05) is 0 Å². The molecule has 0 bridgehead atoms. The second-order valence-corrected chi connectivity index (χ2v) is 7.11. The molecular weight excluding hydrogens is 386 g/mol. The molecule has 8 nitrogen and oxygen atoms in total. The van der Waals surface area contributed by atoms with E-state index < -0.39 is 23.5 Å². The number of ether oxygens (including phenoxy) is 1. The van der Waals surface area contributed by atoms with Crippen LogP contribution in [-0.2, 0) is 14.3 Å². The summed E-state index contributed by atoms with van der Waals surface area (Å²) in [4.78, 5) is 33.6. The number of aliphatic hydroxyl groups is 1. The molecule has 0 spiro atoms. The maximum atomic E-state index is 13.0. The van der Waals surface area contributed by atoms with Gasteiger partial charge >= 0.3 is 0 Å². The summed E-state index contributed by atoms with van der Waals surface area (Å²) >= 11 is 0. The molecular formula is C22H23N3O5. The van der Waals surface area contributed by atoms with Crippen LogP contribution < -0.4 is 0 Å². The van der Waals surface area contributed by atoms with Gasteiger partial charge in [-0.3, -0.25) is 19.5 Å². The molecule has 0 radical (unpaired) electrons. The molecule has 1 N–H and O–H groups in total. The van der Waals surface area contributed by atoms with Crippen molar-refractivity contribution in [2.24, 2.45) is 0 Å². The maximum Gasteiger partial charge on any atom is 0.290 e. The molecule has 30 heavy (non-hydrogen) atoms. The Morgan fingerprint density at radius 3 is 2.67 bits per heavy atom. The van der Waals surface area contributed by atoms with E-state index in [1.165, 1.54) is 18.4 Å². The average Bonchev–Trinajstić information content (AvgIpc) is 3.39. The number of aliphatic hydroxyl groups excluding tert-OH is 1. The molecule has 1 fully saturated rings. The van der Waals surface area contributed by atoms with E-state index in [1.54, 1.807) is 41.6 Å². The summed E-state index contributed by atoms with van der Waals surface area (Å²) in [5.41, 5.74) is 0.787. The number of hydrogen-bond donors (Lipinski definition) is 1. The van der Waals surface area contributed by atoms with E-state index in [4.69, 9.17) is 9.15 Å². The molecule has 2 aromatic heterocycles. The van der Waals surface area contributed by atoms with Crippen molar-refractivity contribution < 1.29 is 23.8 Å². The van der Waals surface area contributed by atoms with Crippen molar-refractivity contribution in [3.63, 3.8) is 0 Å². The zero-order valence-corrected chi connectivity index (χ0v) is 16.4. The predicted molar refractivity (Wildman–Crippen MR) is 108 cm³/mol. The van der Waals surface area contributed by atoms with Gasteiger partial charge in [-0.25, -0.2) is 0 Å². The highest BCUT2D eigenvalue weighted by Crippen LogP contribution is 2.37. The molecule has 1 atom stereocenters. The minimum Gasteiger partial charge on any atom is -0.503 e. The summed E-state index contributed by atoms with van der Waals surface area (Å²) < 4.78 is 10.6. The molecule has 4 heterocycles. The summed E-state index contributed by atoms with van der Waals surface area (Å²) in [5, 5.41) is 10.6. The summed E-state index contributed by atoms with van der Waals surface area (Å²) in [6.07, 6.45) is 7.56. The van der Waals surface area contributed by atoms with E-state index in [1.807, 2.05) is 0 Å². The molecule has 2 aromatic rings. The number of carbonyl (C=O) groups is 2. The zero-order chi connectivity index (χ0) is 20.9. The number of aromatic nitrogens is 1. The molecule has 4 rings (SSSR count). The minimum absolute atomic E-state index is 0.0657. The minimum atomic E-state index is -0.671. The second-order valence-electron chi connectivity index (χ2n) is 7.11. The Morgan fingerprint density at radius 1 is 1.20 bits per heavy atom. The van der Waals surface area contributed by atoms with Crippen LogP contribution in [0.3, 0.4) is 0 Å². The fourth-order valence-electron chi connectivity index (χ4n) is 3.74. The van der Waals surface area contributed by atoms with Crippen LogP contribution in [0.4, 0.5) is 0 Å². The first-order chi connectivity index (χ1) is 14.6. The first-order valence-electron chi connectivity index (χ1n) is 9.85. The topological polar surface area (TPSA) is 96.1 Å². The molecule has 0 saturated carbocycles. The molecule has 1 saturated heterocycles. The van der Waals surface area contributed by atoms with Gasteiger partial charge < -0.3 is 19.2 Å². The standard InChI is InChI=1S/C22H23N3O5/c26-18(4-3-17-2-1-13-30-17)19-20(16-5-7-23-8-6-16)25(22(28)21(19)27)10-9-24-11-14-29-15-12-24/h1-8,13,20,27H,9-12,14-15H2/b4-3+/t20-/m0/s1. The van der Waals surface area contributed by atoms with Crippen molar-refractivity contribution in [3.8, 4) is 0 Å². The Hall–Kier alpha value is -3.23. The van der Waals surface area contributed by atoms with Crippen molar-refractivity contribution in [2.45, 2.75) is 6.04 Å². The quantitative estimate of drug-likeness (QED) is 0.699. The number of rotatable bonds is 7. The summed E-state index contributed by atoms with van der Waals surface area (Å²) in [6.45, 7) is 3.92. The Labute approximate surface area is 174 Å². The van der Waals surface area contributed by atoms with E-state index in [0.717, 1.165) is 18.7 Å².